The van der Waals surface area contributed by atoms with Crippen molar-refractivity contribution in [1.82, 2.24) is 5.32 Å². The summed E-state index contributed by atoms with van der Waals surface area (Å²) in [7, 11) is 0. The molecule has 1 fully saturated rings. The van der Waals surface area contributed by atoms with E-state index >= 15 is 0 Å². The van der Waals surface area contributed by atoms with Crippen molar-refractivity contribution in [2.45, 2.75) is 45.2 Å². The molecule has 1 heterocycles. The smallest absolute Gasteiger partial charge is 0.0701 e. The molecule has 1 N–H and O–H groups in total. The lowest BCUT2D eigenvalue weighted by Gasteiger charge is -2.15. The first-order valence-electron chi connectivity index (χ1n) is 5.74. The Bertz CT molecular complexity index is 306. The van der Waals surface area contributed by atoms with Crippen LogP contribution < -0.4 is 5.32 Å². The Morgan fingerprint density at radius 1 is 1.60 bits per heavy atom. The summed E-state index contributed by atoms with van der Waals surface area (Å²) in [5.41, 5.74) is 1.40. The molecule has 2 rings (SSSR count). The minimum absolute atomic E-state index is 0.719. The van der Waals surface area contributed by atoms with Crippen LogP contribution in [0.5, 0.6) is 0 Å². The lowest BCUT2D eigenvalue weighted by atomic mass is 10.1. The van der Waals surface area contributed by atoms with E-state index in [9.17, 15) is 0 Å². The quantitative estimate of drug-likeness (QED) is 0.828. The van der Waals surface area contributed by atoms with E-state index in [0.29, 0.717) is 0 Å². The van der Waals surface area contributed by atoms with Gasteiger partial charge in [0.05, 0.1) is 3.79 Å². The molecular weight excluding hydrogens is 270 g/mol. The van der Waals surface area contributed by atoms with E-state index < -0.39 is 0 Å². The molecule has 0 aromatic carbocycles. The summed E-state index contributed by atoms with van der Waals surface area (Å²) in [6.07, 6.45) is 5.55. The molecule has 0 radical (unpaired) electrons. The van der Waals surface area contributed by atoms with E-state index in [-0.39, 0.29) is 0 Å². The van der Waals surface area contributed by atoms with E-state index in [1.807, 2.05) is 0 Å². The second kappa shape index (κ2) is 5.46. The molecule has 3 heteroatoms. The summed E-state index contributed by atoms with van der Waals surface area (Å²) >= 11 is 5.26. The number of rotatable bonds is 6. The normalized spacial score (nSPS) is 18.0. The zero-order chi connectivity index (χ0) is 10.7. The van der Waals surface area contributed by atoms with Crippen molar-refractivity contribution < 1.29 is 0 Å². The number of hydrogen-bond donors (Lipinski definition) is 1. The zero-order valence-corrected chi connectivity index (χ0v) is 11.5. The Morgan fingerprint density at radius 2 is 2.40 bits per heavy atom. The van der Waals surface area contributed by atoms with Crippen molar-refractivity contribution in [1.29, 1.82) is 0 Å². The molecule has 0 aliphatic heterocycles. The van der Waals surface area contributed by atoms with E-state index in [0.717, 1.165) is 18.5 Å². The fraction of sp³-hybridized carbons (Fsp3) is 0.667. The van der Waals surface area contributed by atoms with Gasteiger partial charge in [0.15, 0.2) is 0 Å². The van der Waals surface area contributed by atoms with Crippen LogP contribution in [0, 0.1) is 5.92 Å². The van der Waals surface area contributed by atoms with Gasteiger partial charge in [0.1, 0.15) is 0 Å². The molecule has 1 unspecified atom stereocenters. The first-order chi connectivity index (χ1) is 7.28. The van der Waals surface area contributed by atoms with E-state index in [1.165, 1.54) is 35.0 Å². The van der Waals surface area contributed by atoms with Crippen LogP contribution in [0.1, 0.15) is 38.2 Å². The van der Waals surface area contributed by atoms with Crippen molar-refractivity contribution in [2.75, 3.05) is 0 Å². The van der Waals surface area contributed by atoms with Gasteiger partial charge < -0.3 is 5.32 Å². The molecule has 1 nitrogen and oxygen atoms in total. The summed E-state index contributed by atoms with van der Waals surface area (Å²) in [4.78, 5) is 0. The first-order valence-corrected chi connectivity index (χ1v) is 7.41. The lowest BCUT2D eigenvalue weighted by molar-refractivity contribution is 0.445. The molecule has 0 bridgehead atoms. The average Bonchev–Trinajstić information content (AvgIpc) is 2.95. The topological polar surface area (TPSA) is 12.0 Å². The Balaban J connectivity index is 1.74. The van der Waals surface area contributed by atoms with Crippen LogP contribution in [0.3, 0.4) is 0 Å². The van der Waals surface area contributed by atoms with Gasteiger partial charge in [0, 0.05) is 12.6 Å². The molecule has 1 atom stereocenters. The van der Waals surface area contributed by atoms with E-state index in [1.54, 1.807) is 11.3 Å². The van der Waals surface area contributed by atoms with Crippen molar-refractivity contribution in [3.63, 3.8) is 0 Å². The summed E-state index contributed by atoms with van der Waals surface area (Å²) in [5, 5.41) is 5.88. The second-order valence-electron chi connectivity index (χ2n) is 4.42. The maximum absolute atomic E-state index is 3.66. The summed E-state index contributed by atoms with van der Waals surface area (Å²) in [5.74, 6) is 1.02. The average molecular weight is 288 g/mol. The van der Waals surface area contributed by atoms with Crippen LogP contribution in [-0.4, -0.2) is 6.04 Å². The zero-order valence-electron chi connectivity index (χ0n) is 9.13. The van der Waals surface area contributed by atoms with Crippen LogP contribution in [0.4, 0.5) is 0 Å². The summed E-state index contributed by atoms with van der Waals surface area (Å²) in [6.45, 7) is 3.30. The van der Waals surface area contributed by atoms with Gasteiger partial charge >= 0.3 is 0 Å². The third-order valence-corrected chi connectivity index (χ3v) is 4.58. The van der Waals surface area contributed by atoms with E-state index in [4.69, 9.17) is 0 Å². The second-order valence-corrected chi connectivity index (χ2v) is 6.71. The van der Waals surface area contributed by atoms with Crippen LogP contribution in [0.15, 0.2) is 15.2 Å². The van der Waals surface area contributed by atoms with Gasteiger partial charge in [-0.15, -0.1) is 11.3 Å². The minimum atomic E-state index is 0.719. The third-order valence-electron chi connectivity index (χ3n) is 3.02. The fourth-order valence-corrected chi connectivity index (χ4v) is 3.06. The number of hydrogen-bond acceptors (Lipinski definition) is 2. The largest absolute Gasteiger partial charge is 0.310 e. The van der Waals surface area contributed by atoms with Gasteiger partial charge in [-0.25, -0.2) is 0 Å². The molecule has 84 valence electrons. The van der Waals surface area contributed by atoms with Gasteiger partial charge in [0.25, 0.3) is 0 Å². The predicted octanol–water partition coefficient (Wildman–Crippen LogP) is 4.18. The Labute approximate surface area is 104 Å². The molecule has 1 aromatic heterocycles. The summed E-state index contributed by atoms with van der Waals surface area (Å²) < 4.78 is 1.23. The highest BCUT2D eigenvalue weighted by Gasteiger charge is 2.24. The highest BCUT2D eigenvalue weighted by atomic mass is 79.9. The van der Waals surface area contributed by atoms with Gasteiger partial charge in [-0.1, -0.05) is 19.8 Å². The van der Waals surface area contributed by atoms with Crippen molar-refractivity contribution in [2.24, 2.45) is 5.92 Å². The highest BCUT2D eigenvalue weighted by Crippen LogP contribution is 2.34. The van der Waals surface area contributed by atoms with Crippen molar-refractivity contribution in [3.05, 3.63) is 20.8 Å². The maximum Gasteiger partial charge on any atom is 0.0701 e. The molecule has 0 spiro atoms. The molecule has 1 aliphatic rings. The summed E-state index contributed by atoms with van der Waals surface area (Å²) in [6, 6.07) is 2.93. The van der Waals surface area contributed by atoms with Crippen molar-refractivity contribution >= 4 is 27.3 Å². The van der Waals surface area contributed by atoms with E-state index in [2.05, 4.69) is 39.6 Å². The van der Waals surface area contributed by atoms with Crippen LogP contribution in [0.25, 0.3) is 0 Å². The maximum atomic E-state index is 3.66. The van der Waals surface area contributed by atoms with Crippen molar-refractivity contribution in [3.8, 4) is 0 Å². The molecule has 15 heavy (non-hydrogen) atoms. The third kappa shape index (κ3) is 3.89. The minimum Gasteiger partial charge on any atom is -0.310 e. The number of thiophene rings is 1. The van der Waals surface area contributed by atoms with Gasteiger partial charge in [-0.2, -0.15) is 0 Å². The molecular formula is C12H18BrNS. The SMILES string of the molecule is CCC(CC1CC1)NCc1csc(Br)c1. The van der Waals surface area contributed by atoms with Crippen LogP contribution in [0.2, 0.25) is 0 Å². The van der Waals surface area contributed by atoms with Gasteiger partial charge in [0.2, 0.25) is 0 Å². The molecule has 0 saturated heterocycles. The van der Waals surface area contributed by atoms with Gasteiger partial charge in [-0.05, 0) is 51.7 Å². The molecule has 1 aliphatic carbocycles. The molecule has 0 amide bonds. The highest BCUT2D eigenvalue weighted by molar-refractivity contribution is 9.11. The monoisotopic (exact) mass is 287 g/mol. The Kier molecular flexibility index (Phi) is 4.23. The molecule has 1 saturated carbocycles. The predicted molar refractivity (Wildman–Crippen MR) is 70.3 cm³/mol. The Morgan fingerprint density at radius 3 is 2.93 bits per heavy atom. The van der Waals surface area contributed by atoms with Gasteiger partial charge in [-0.3, -0.25) is 0 Å². The van der Waals surface area contributed by atoms with Crippen LogP contribution >= 0.6 is 27.3 Å². The standard InChI is InChI=1S/C12H18BrNS/c1-2-11(5-9-3-4-9)14-7-10-6-12(13)15-8-10/h6,8-9,11,14H,2-5,7H2,1H3. The Hall–Kier alpha value is 0.140. The molecule has 1 aromatic rings. The van der Waals surface area contributed by atoms with Crippen LogP contribution in [-0.2, 0) is 6.54 Å². The fourth-order valence-electron chi connectivity index (χ4n) is 1.85. The first kappa shape index (κ1) is 11.6. The number of nitrogens with one attached hydrogen (secondary N) is 1. The number of halogens is 1. The lowest BCUT2D eigenvalue weighted by Crippen LogP contribution is -2.28.